The Morgan fingerprint density at radius 1 is 1.17 bits per heavy atom. The molecule has 1 N–H and O–H groups in total. The van der Waals surface area contributed by atoms with E-state index in [1.807, 2.05) is 30.3 Å². The lowest BCUT2D eigenvalue weighted by Crippen LogP contribution is -2.30. The Labute approximate surface area is 144 Å². The standard InChI is InChI=1S/C12H9NO2.C8H17N/c14-9-10-6-7-12(13-8-10)15-11-4-2-1-3-5-11;1-7-4-3-5-8(6-7)9-2/h1-9H;7-9H,3-6H2,1-2H3. The molecule has 4 nitrogen and oxygen atoms in total. The molecule has 1 saturated carbocycles. The fourth-order valence-electron chi connectivity index (χ4n) is 2.83. The average molecular weight is 326 g/mol. The van der Waals surface area contributed by atoms with Crippen molar-refractivity contribution in [3.05, 3.63) is 54.2 Å². The van der Waals surface area contributed by atoms with Gasteiger partial charge in [0.25, 0.3) is 0 Å². The highest BCUT2D eigenvalue weighted by Gasteiger charge is 2.16. The van der Waals surface area contributed by atoms with Crippen LogP contribution < -0.4 is 10.1 Å². The third kappa shape index (κ3) is 6.13. The predicted octanol–water partition coefficient (Wildman–Crippen LogP) is 4.47. The highest BCUT2D eigenvalue weighted by atomic mass is 16.5. The lowest BCUT2D eigenvalue weighted by Gasteiger charge is -2.25. The minimum atomic E-state index is 0.479. The van der Waals surface area contributed by atoms with Crippen molar-refractivity contribution in [1.29, 1.82) is 0 Å². The maximum Gasteiger partial charge on any atom is 0.219 e. The summed E-state index contributed by atoms with van der Waals surface area (Å²) in [6, 6.07) is 13.5. The van der Waals surface area contributed by atoms with Crippen LogP contribution in [0.25, 0.3) is 0 Å². The van der Waals surface area contributed by atoms with Crippen molar-refractivity contribution in [3.8, 4) is 11.6 Å². The van der Waals surface area contributed by atoms with Crippen LogP contribution in [0.1, 0.15) is 43.0 Å². The fraction of sp³-hybridized carbons (Fsp3) is 0.400. The lowest BCUT2D eigenvalue weighted by molar-refractivity contribution is 0.112. The summed E-state index contributed by atoms with van der Waals surface area (Å²) in [5.74, 6) is 2.16. The molecular formula is C20H26N2O2. The molecule has 4 heteroatoms. The Balaban J connectivity index is 0.000000198. The molecule has 3 rings (SSSR count). The van der Waals surface area contributed by atoms with Crippen molar-refractivity contribution in [3.63, 3.8) is 0 Å². The molecule has 0 spiro atoms. The number of ether oxygens (including phenoxy) is 1. The van der Waals surface area contributed by atoms with Crippen molar-refractivity contribution in [1.82, 2.24) is 10.3 Å². The number of carbonyl (C=O) groups excluding carboxylic acids is 1. The number of nitrogens with zero attached hydrogens (tertiary/aromatic N) is 1. The van der Waals surface area contributed by atoms with Crippen LogP contribution in [0.5, 0.6) is 11.6 Å². The summed E-state index contributed by atoms with van der Waals surface area (Å²) < 4.78 is 5.45. The molecule has 24 heavy (non-hydrogen) atoms. The van der Waals surface area contributed by atoms with Gasteiger partial charge in [-0.25, -0.2) is 4.98 Å². The van der Waals surface area contributed by atoms with E-state index < -0.39 is 0 Å². The molecule has 0 radical (unpaired) electrons. The number of para-hydroxylation sites is 1. The minimum absolute atomic E-state index is 0.479. The van der Waals surface area contributed by atoms with Crippen LogP contribution in [0.15, 0.2) is 48.7 Å². The van der Waals surface area contributed by atoms with Crippen LogP contribution in [0, 0.1) is 5.92 Å². The first-order chi connectivity index (χ1) is 11.7. The van der Waals surface area contributed by atoms with Crippen LogP contribution >= 0.6 is 0 Å². The van der Waals surface area contributed by atoms with Gasteiger partial charge in [0, 0.05) is 23.9 Å². The van der Waals surface area contributed by atoms with Crippen LogP contribution in [-0.2, 0) is 0 Å². The number of carbonyl (C=O) groups is 1. The smallest absolute Gasteiger partial charge is 0.219 e. The molecule has 1 heterocycles. The van der Waals surface area contributed by atoms with E-state index in [-0.39, 0.29) is 0 Å². The lowest BCUT2D eigenvalue weighted by atomic mass is 9.87. The number of benzene rings is 1. The number of hydrogen-bond acceptors (Lipinski definition) is 4. The van der Waals surface area contributed by atoms with E-state index in [1.54, 1.807) is 12.1 Å². The SMILES string of the molecule is CNC1CCCC(C)C1.O=Cc1ccc(Oc2ccccc2)nc1. The molecule has 2 aromatic rings. The number of hydrogen-bond donors (Lipinski definition) is 1. The van der Waals surface area contributed by atoms with Crippen molar-refractivity contribution >= 4 is 6.29 Å². The molecule has 0 aliphatic heterocycles. The number of rotatable bonds is 4. The molecule has 2 unspecified atom stereocenters. The number of aldehydes is 1. The van der Waals surface area contributed by atoms with Gasteiger partial charge in [0.15, 0.2) is 6.29 Å². The Morgan fingerprint density at radius 3 is 2.50 bits per heavy atom. The quantitative estimate of drug-likeness (QED) is 0.842. The summed E-state index contributed by atoms with van der Waals surface area (Å²) in [4.78, 5) is 14.4. The Morgan fingerprint density at radius 2 is 1.96 bits per heavy atom. The third-order valence-electron chi connectivity index (χ3n) is 4.21. The van der Waals surface area contributed by atoms with Crippen molar-refractivity contribution in [2.75, 3.05) is 7.05 Å². The maximum absolute atomic E-state index is 10.4. The van der Waals surface area contributed by atoms with Gasteiger partial charge in [-0.2, -0.15) is 0 Å². The number of nitrogens with one attached hydrogen (secondary N) is 1. The first-order valence-electron chi connectivity index (χ1n) is 8.52. The van der Waals surface area contributed by atoms with Crippen molar-refractivity contribution in [2.45, 2.75) is 38.6 Å². The van der Waals surface area contributed by atoms with Crippen molar-refractivity contribution in [2.24, 2.45) is 5.92 Å². The Bertz CT molecular complexity index is 599. The molecule has 1 aromatic heterocycles. The molecule has 0 bridgehead atoms. The largest absolute Gasteiger partial charge is 0.439 e. The van der Waals surface area contributed by atoms with Crippen LogP contribution in [0.3, 0.4) is 0 Å². The molecule has 0 amide bonds. The normalized spacial score (nSPS) is 19.8. The van der Waals surface area contributed by atoms with Crippen LogP contribution in [-0.4, -0.2) is 24.4 Å². The second-order valence-corrected chi connectivity index (χ2v) is 6.22. The van der Waals surface area contributed by atoms with Gasteiger partial charge in [0.1, 0.15) is 5.75 Å². The molecule has 1 aliphatic carbocycles. The molecule has 128 valence electrons. The molecule has 2 atom stereocenters. The van der Waals surface area contributed by atoms with Gasteiger partial charge in [0.05, 0.1) is 0 Å². The molecule has 0 saturated heterocycles. The van der Waals surface area contributed by atoms with Gasteiger partial charge >= 0.3 is 0 Å². The maximum atomic E-state index is 10.4. The zero-order valence-corrected chi connectivity index (χ0v) is 14.4. The monoisotopic (exact) mass is 326 g/mol. The first kappa shape index (κ1) is 18.1. The zero-order valence-electron chi connectivity index (χ0n) is 14.4. The van der Waals surface area contributed by atoms with Gasteiger partial charge in [-0.3, -0.25) is 4.79 Å². The fourth-order valence-corrected chi connectivity index (χ4v) is 2.83. The Hall–Kier alpha value is -2.20. The van der Waals surface area contributed by atoms with Crippen LogP contribution in [0.2, 0.25) is 0 Å². The van der Waals surface area contributed by atoms with Gasteiger partial charge < -0.3 is 10.1 Å². The summed E-state index contributed by atoms with van der Waals surface area (Å²) in [5, 5.41) is 3.33. The van der Waals surface area contributed by atoms with Gasteiger partial charge in [-0.1, -0.05) is 38.0 Å². The third-order valence-corrected chi connectivity index (χ3v) is 4.21. The summed E-state index contributed by atoms with van der Waals surface area (Å²) in [6.45, 7) is 2.35. The van der Waals surface area contributed by atoms with Crippen molar-refractivity contribution < 1.29 is 9.53 Å². The molecular weight excluding hydrogens is 300 g/mol. The minimum Gasteiger partial charge on any atom is -0.439 e. The summed E-state index contributed by atoms with van der Waals surface area (Å²) in [6.07, 6.45) is 7.87. The average Bonchev–Trinajstić information content (AvgIpc) is 2.64. The van der Waals surface area contributed by atoms with Gasteiger partial charge in [-0.15, -0.1) is 0 Å². The highest BCUT2D eigenvalue weighted by Crippen LogP contribution is 2.22. The summed E-state index contributed by atoms with van der Waals surface area (Å²) >= 11 is 0. The first-order valence-corrected chi connectivity index (χ1v) is 8.52. The van der Waals surface area contributed by atoms with E-state index in [1.165, 1.54) is 31.9 Å². The van der Waals surface area contributed by atoms with E-state index in [0.717, 1.165) is 24.0 Å². The summed E-state index contributed by atoms with van der Waals surface area (Å²) in [7, 11) is 2.07. The van der Waals surface area contributed by atoms with Gasteiger partial charge in [0.2, 0.25) is 5.88 Å². The topological polar surface area (TPSA) is 51.2 Å². The highest BCUT2D eigenvalue weighted by molar-refractivity contribution is 5.74. The second-order valence-electron chi connectivity index (χ2n) is 6.22. The Kier molecular flexibility index (Phi) is 7.43. The molecule has 1 aromatic carbocycles. The van der Waals surface area contributed by atoms with E-state index in [4.69, 9.17) is 4.74 Å². The number of aromatic nitrogens is 1. The number of pyridine rings is 1. The molecule has 1 fully saturated rings. The molecule has 1 aliphatic rings. The zero-order chi connectivity index (χ0) is 17.2. The van der Waals surface area contributed by atoms with E-state index in [2.05, 4.69) is 24.3 Å². The van der Waals surface area contributed by atoms with E-state index in [0.29, 0.717) is 11.4 Å². The van der Waals surface area contributed by atoms with Gasteiger partial charge in [-0.05, 0) is 44.0 Å². The summed E-state index contributed by atoms with van der Waals surface area (Å²) in [5.41, 5.74) is 0.537. The predicted molar refractivity (Wildman–Crippen MR) is 96.6 cm³/mol. The van der Waals surface area contributed by atoms with E-state index >= 15 is 0 Å². The second kappa shape index (κ2) is 9.83. The van der Waals surface area contributed by atoms with E-state index in [9.17, 15) is 4.79 Å². The van der Waals surface area contributed by atoms with Crippen LogP contribution in [0.4, 0.5) is 0 Å².